The first-order chi connectivity index (χ1) is 7.50. The van der Waals surface area contributed by atoms with Gasteiger partial charge >= 0.3 is 5.97 Å². The molecule has 88 valence electrons. The highest BCUT2D eigenvalue weighted by Crippen LogP contribution is 2.18. The van der Waals surface area contributed by atoms with Crippen LogP contribution in [0, 0.1) is 19.7 Å². The maximum absolute atomic E-state index is 13.0. The summed E-state index contributed by atoms with van der Waals surface area (Å²) in [5.41, 5.74) is 3.05. The van der Waals surface area contributed by atoms with Gasteiger partial charge in [-0.05, 0) is 61.9 Å². The van der Waals surface area contributed by atoms with Crippen LogP contribution in [0.4, 0.5) is 4.39 Å². The SMILES string of the molecule is Cc1cc(F)cc(C)c1CCCCC(=O)O. The molecule has 0 aliphatic heterocycles. The molecule has 0 heterocycles. The lowest BCUT2D eigenvalue weighted by molar-refractivity contribution is -0.137. The highest BCUT2D eigenvalue weighted by atomic mass is 19.1. The number of carboxylic acid groups (broad SMARTS) is 1. The van der Waals surface area contributed by atoms with Crippen LogP contribution in [0.15, 0.2) is 12.1 Å². The Bertz CT molecular complexity index is 363. The number of aliphatic carboxylic acids is 1. The van der Waals surface area contributed by atoms with E-state index in [-0.39, 0.29) is 12.2 Å². The number of hydrogen-bond donors (Lipinski definition) is 1. The third-order valence-electron chi connectivity index (χ3n) is 2.73. The van der Waals surface area contributed by atoms with Gasteiger partial charge < -0.3 is 5.11 Å². The van der Waals surface area contributed by atoms with Crippen molar-refractivity contribution in [3.05, 3.63) is 34.6 Å². The zero-order valence-electron chi connectivity index (χ0n) is 9.72. The number of rotatable bonds is 5. The fourth-order valence-electron chi connectivity index (χ4n) is 1.91. The first-order valence-corrected chi connectivity index (χ1v) is 5.48. The fourth-order valence-corrected chi connectivity index (χ4v) is 1.91. The second kappa shape index (κ2) is 5.64. The van der Waals surface area contributed by atoms with E-state index >= 15 is 0 Å². The molecule has 1 N–H and O–H groups in total. The summed E-state index contributed by atoms with van der Waals surface area (Å²) in [5, 5.41) is 8.51. The van der Waals surface area contributed by atoms with Crippen molar-refractivity contribution in [1.29, 1.82) is 0 Å². The molecule has 2 nitrogen and oxygen atoms in total. The second-order valence-electron chi connectivity index (χ2n) is 4.12. The Labute approximate surface area is 95.1 Å². The topological polar surface area (TPSA) is 37.3 Å². The number of benzene rings is 1. The van der Waals surface area contributed by atoms with Gasteiger partial charge in [0.05, 0.1) is 0 Å². The van der Waals surface area contributed by atoms with E-state index in [1.807, 2.05) is 13.8 Å². The van der Waals surface area contributed by atoms with Gasteiger partial charge in [0.1, 0.15) is 5.82 Å². The first kappa shape index (κ1) is 12.7. The van der Waals surface area contributed by atoms with Crippen molar-refractivity contribution >= 4 is 5.97 Å². The molecule has 3 heteroatoms. The van der Waals surface area contributed by atoms with Crippen LogP contribution < -0.4 is 0 Å². The Balaban J connectivity index is 2.57. The monoisotopic (exact) mass is 224 g/mol. The summed E-state index contributed by atoms with van der Waals surface area (Å²) in [5.74, 6) is -0.961. The number of unbranched alkanes of at least 4 members (excludes halogenated alkanes) is 1. The number of aryl methyl sites for hydroxylation is 2. The summed E-state index contributed by atoms with van der Waals surface area (Å²) in [6.07, 6.45) is 2.54. The van der Waals surface area contributed by atoms with Crippen molar-refractivity contribution in [3.63, 3.8) is 0 Å². The molecule has 0 saturated heterocycles. The molecule has 0 saturated carbocycles. The van der Waals surface area contributed by atoms with Crippen LogP contribution in [0.1, 0.15) is 36.0 Å². The Kier molecular flexibility index (Phi) is 4.47. The smallest absolute Gasteiger partial charge is 0.303 e. The minimum atomic E-state index is -0.757. The minimum Gasteiger partial charge on any atom is -0.481 e. The third kappa shape index (κ3) is 3.65. The molecular formula is C13H17FO2. The van der Waals surface area contributed by atoms with E-state index in [9.17, 15) is 9.18 Å². The summed E-state index contributed by atoms with van der Waals surface area (Å²) in [6, 6.07) is 3.05. The molecule has 1 rings (SSSR count). The quantitative estimate of drug-likeness (QED) is 0.779. The second-order valence-corrected chi connectivity index (χ2v) is 4.12. The first-order valence-electron chi connectivity index (χ1n) is 5.48. The molecule has 0 aliphatic carbocycles. The van der Waals surface area contributed by atoms with Gasteiger partial charge in [0.2, 0.25) is 0 Å². The number of carboxylic acids is 1. The van der Waals surface area contributed by atoms with E-state index in [2.05, 4.69) is 0 Å². The van der Waals surface area contributed by atoms with Crippen molar-refractivity contribution in [3.8, 4) is 0 Å². The van der Waals surface area contributed by atoms with E-state index < -0.39 is 5.97 Å². The molecule has 0 spiro atoms. The number of hydrogen-bond acceptors (Lipinski definition) is 1. The predicted molar refractivity (Wildman–Crippen MR) is 61.1 cm³/mol. The Morgan fingerprint density at radius 1 is 1.25 bits per heavy atom. The van der Waals surface area contributed by atoms with Crippen LogP contribution in [-0.4, -0.2) is 11.1 Å². The minimum absolute atomic E-state index is 0.204. The lowest BCUT2D eigenvalue weighted by atomic mass is 9.97. The summed E-state index contributed by atoms with van der Waals surface area (Å²) in [6.45, 7) is 3.78. The van der Waals surface area contributed by atoms with Crippen molar-refractivity contribution in [1.82, 2.24) is 0 Å². The van der Waals surface area contributed by atoms with Gasteiger partial charge in [0.15, 0.2) is 0 Å². The van der Waals surface area contributed by atoms with Crippen LogP contribution in [0.3, 0.4) is 0 Å². The largest absolute Gasteiger partial charge is 0.481 e. The number of carbonyl (C=O) groups is 1. The third-order valence-corrected chi connectivity index (χ3v) is 2.73. The van der Waals surface area contributed by atoms with Crippen molar-refractivity contribution < 1.29 is 14.3 Å². The maximum Gasteiger partial charge on any atom is 0.303 e. The average Bonchev–Trinajstić information content (AvgIpc) is 2.14. The van der Waals surface area contributed by atoms with Gasteiger partial charge in [-0.15, -0.1) is 0 Å². The average molecular weight is 224 g/mol. The summed E-state index contributed by atoms with van der Waals surface area (Å²) < 4.78 is 13.0. The van der Waals surface area contributed by atoms with Gasteiger partial charge in [-0.3, -0.25) is 4.79 Å². The zero-order valence-corrected chi connectivity index (χ0v) is 9.72. The molecular weight excluding hydrogens is 207 g/mol. The molecule has 0 amide bonds. The normalized spacial score (nSPS) is 10.4. The molecule has 0 atom stereocenters. The van der Waals surface area contributed by atoms with Crippen LogP contribution in [0.5, 0.6) is 0 Å². The molecule has 0 aliphatic rings. The van der Waals surface area contributed by atoms with Gasteiger partial charge in [-0.1, -0.05) is 0 Å². The van der Waals surface area contributed by atoms with Gasteiger partial charge in [0, 0.05) is 6.42 Å². The van der Waals surface area contributed by atoms with Crippen molar-refractivity contribution in [2.24, 2.45) is 0 Å². The lowest BCUT2D eigenvalue weighted by Crippen LogP contribution is -1.98. The highest BCUT2D eigenvalue weighted by molar-refractivity contribution is 5.66. The molecule has 0 bridgehead atoms. The Morgan fingerprint density at radius 3 is 2.31 bits per heavy atom. The van der Waals surface area contributed by atoms with Crippen LogP contribution in [0.2, 0.25) is 0 Å². The molecule has 0 fully saturated rings. The van der Waals surface area contributed by atoms with E-state index in [4.69, 9.17) is 5.11 Å². The molecule has 1 aromatic carbocycles. The zero-order chi connectivity index (χ0) is 12.1. The van der Waals surface area contributed by atoms with Gasteiger partial charge in [-0.2, -0.15) is 0 Å². The van der Waals surface area contributed by atoms with Crippen LogP contribution in [0.25, 0.3) is 0 Å². The van der Waals surface area contributed by atoms with Crippen LogP contribution in [-0.2, 0) is 11.2 Å². The summed E-state index contributed by atoms with van der Waals surface area (Å²) in [4.78, 5) is 10.3. The number of halogens is 1. The lowest BCUT2D eigenvalue weighted by Gasteiger charge is -2.09. The van der Waals surface area contributed by atoms with Crippen molar-refractivity contribution in [2.45, 2.75) is 39.5 Å². The highest BCUT2D eigenvalue weighted by Gasteiger charge is 2.05. The van der Waals surface area contributed by atoms with Crippen LogP contribution >= 0.6 is 0 Å². The fraction of sp³-hybridized carbons (Fsp3) is 0.462. The molecule has 0 radical (unpaired) electrons. The predicted octanol–water partition coefficient (Wildman–Crippen LogP) is 3.24. The summed E-state index contributed by atoms with van der Waals surface area (Å²) >= 11 is 0. The molecule has 0 unspecified atom stereocenters. The van der Waals surface area contributed by atoms with E-state index in [1.165, 1.54) is 12.1 Å². The Hall–Kier alpha value is -1.38. The standard InChI is InChI=1S/C13H17FO2/c1-9-7-11(14)8-10(2)12(9)5-3-4-6-13(15)16/h7-8H,3-6H2,1-2H3,(H,15,16). The maximum atomic E-state index is 13.0. The molecule has 0 aromatic heterocycles. The summed E-state index contributed by atoms with van der Waals surface area (Å²) in [7, 11) is 0. The Morgan fingerprint density at radius 2 is 1.81 bits per heavy atom. The molecule has 1 aromatic rings. The van der Waals surface area contributed by atoms with Crippen molar-refractivity contribution in [2.75, 3.05) is 0 Å². The van der Waals surface area contributed by atoms with E-state index in [0.29, 0.717) is 6.42 Å². The van der Waals surface area contributed by atoms with E-state index in [0.717, 1.165) is 29.5 Å². The van der Waals surface area contributed by atoms with E-state index in [1.54, 1.807) is 0 Å². The van der Waals surface area contributed by atoms with Gasteiger partial charge in [0.25, 0.3) is 0 Å². The van der Waals surface area contributed by atoms with Gasteiger partial charge in [-0.25, -0.2) is 4.39 Å². The molecule has 16 heavy (non-hydrogen) atoms.